The molecule has 0 spiro atoms. The van der Waals surface area contributed by atoms with Crippen LogP contribution in [0.25, 0.3) is 33.0 Å². The summed E-state index contributed by atoms with van der Waals surface area (Å²) in [6.07, 6.45) is 3.55. The second-order valence-corrected chi connectivity index (χ2v) is 5.28. The van der Waals surface area contributed by atoms with Crippen LogP contribution in [-0.2, 0) is 0 Å². The summed E-state index contributed by atoms with van der Waals surface area (Å²) in [4.78, 5) is 8.67. The summed E-state index contributed by atoms with van der Waals surface area (Å²) in [5.41, 5.74) is 2.84. The molecule has 0 radical (unpaired) electrons. The number of hydrogen-bond acceptors (Lipinski definition) is 4. The zero-order valence-electron chi connectivity index (χ0n) is 10.5. The molecule has 0 aliphatic carbocycles. The van der Waals surface area contributed by atoms with Gasteiger partial charge in [0.2, 0.25) is 0 Å². The third-order valence-electron chi connectivity index (χ3n) is 3.11. The highest BCUT2D eigenvalue weighted by Crippen LogP contribution is 2.31. The van der Waals surface area contributed by atoms with Crippen LogP contribution in [0.2, 0.25) is 0 Å². The van der Waals surface area contributed by atoms with Gasteiger partial charge >= 0.3 is 0 Å². The van der Waals surface area contributed by atoms with Crippen molar-refractivity contribution in [3.8, 4) is 22.0 Å². The third-order valence-corrected chi connectivity index (χ3v) is 4.00. The third kappa shape index (κ3) is 1.90. The molecule has 4 rings (SSSR count). The van der Waals surface area contributed by atoms with Crippen molar-refractivity contribution in [2.75, 3.05) is 0 Å². The van der Waals surface area contributed by atoms with Crippen molar-refractivity contribution in [1.82, 2.24) is 9.97 Å². The van der Waals surface area contributed by atoms with Crippen molar-refractivity contribution in [3.05, 3.63) is 60.2 Å². The fourth-order valence-electron chi connectivity index (χ4n) is 2.12. The Morgan fingerprint density at radius 3 is 2.70 bits per heavy atom. The van der Waals surface area contributed by atoms with Gasteiger partial charge in [-0.2, -0.15) is 0 Å². The summed E-state index contributed by atoms with van der Waals surface area (Å²) in [6, 6.07) is 13.9. The number of pyridine rings is 1. The van der Waals surface area contributed by atoms with Crippen LogP contribution in [0.1, 0.15) is 0 Å². The Balaban J connectivity index is 1.78. The van der Waals surface area contributed by atoms with Crippen molar-refractivity contribution >= 4 is 22.3 Å². The average molecular weight is 278 g/mol. The topological polar surface area (TPSA) is 38.9 Å². The molecule has 0 bridgehead atoms. The van der Waals surface area contributed by atoms with Crippen LogP contribution in [0.5, 0.6) is 0 Å². The zero-order chi connectivity index (χ0) is 13.4. The second-order valence-electron chi connectivity index (χ2n) is 4.42. The quantitative estimate of drug-likeness (QED) is 0.537. The Kier molecular flexibility index (Phi) is 2.60. The molecular weight excluding hydrogens is 268 g/mol. The van der Waals surface area contributed by atoms with Gasteiger partial charge < -0.3 is 4.42 Å². The molecule has 0 N–H and O–H groups in total. The maximum absolute atomic E-state index is 5.84. The van der Waals surface area contributed by atoms with Gasteiger partial charge in [-0.1, -0.05) is 18.2 Å². The lowest BCUT2D eigenvalue weighted by atomic mass is 10.2. The van der Waals surface area contributed by atoms with Crippen LogP contribution in [0.3, 0.4) is 0 Å². The number of furan rings is 1. The highest BCUT2D eigenvalue weighted by molar-refractivity contribution is 7.13. The van der Waals surface area contributed by atoms with Gasteiger partial charge in [0.1, 0.15) is 16.3 Å². The molecule has 1 aromatic carbocycles. The fourth-order valence-corrected chi connectivity index (χ4v) is 2.94. The van der Waals surface area contributed by atoms with E-state index in [0.717, 1.165) is 33.0 Å². The van der Waals surface area contributed by atoms with E-state index < -0.39 is 0 Å². The summed E-state index contributed by atoms with van der Waals surface area (Å²) < 4.78 is 5.84. The average Bonchev–Trinajstić information content (AvgIpc) is 3.14. The molecule has 0 aliphatic rings. The summed E-state index contributed by atoms with van der Waals surface area (Å²) in [5.74, 6) is 0.808. The van der Waals surface area contributed by atoms with Gasteiger partial charge in [0.05, 0.1) is 0 Å². The van der Waals surface area contributed by atoms with Crippen LogP contribution in [0.15, 0.2) is 64.7 Å². The molecule has 4 heteroatoms. The lowest BCUT2D eigenvalue weighted by Crippen LogP contribution is -1.78. The number of hydrogen-bond donors (Lipinski definition) is 0. The van der Waals surface area contributed by atoms with E-state index in [1.54, 1.807) is 23.7 Å². The van der Waals surface area contributed by atoms with Crippen LogP contribution in [-0.4, -0.2) is 9.97 Å². The maximum Gasteiger partial charge on any atom is 0.154 e. The van der Waals surface area contributed by atoms with Gasteiger partial charge in [0.25, 0.3) is 0 Å². The minimum Gasteiger partial charge on any atom is -0.454 e. The van der Waals surface area contributed by atoms with E-state index >= 15 is 0 Å². The monoisotopic (exact) mass is 278 g/mol. The predicted molar refractivity (Wildman–Crippen MR) is 80.6 cm³/mol. The minimum absolute atomic E-state index is 0.808. The largest absolute Gasteiger partial charge is 0.454 e. The van der Waals surface area contributed by atoms with E-state index in [0.29, 0.717) is 0 Å². The lowest BCUT2D eigenvalue weighted by molar-refractivity contribution is 0.629. The molecule has 0 amide bonds. The molecule has 0 unspecified atom stereocenters. The number of aromatic nitrogens is 2. The molecular formula is C16H10N2OS. The summed E-state index contributed by atoms with van der Waals surface area (Å²) in [7, 11) is 0. The summed E-state index contributed by atoms with van der Waals surface area (Å²) in [6.45, 7) is 0. The van der Waals surface area contributed by atoms with E-state index in [1.165, 1.54) is 0 Å². The van der Waals surface area contributed by atoms with Gasteiger partial charge in [-0.3, -0.25) is 4.98 Å². The number of nitrogens with zero attached hydrogens (tertiary/aromatic N) is 2. The van der Waals surface area contributed by atoms with Gasteiger partial charge in [-0.05, 0) is 24.3 Å². The van der Waals surface area contributed by atoms with Crippen LogP contribution in [0.4, 0.5) is 0 Å². The van der Waals surface area contributed by atoms with Gasteiger partial charge in [-0.25, -0.2) is 4.98 Å². The first-order valence-electron chi connectivity index (χ1n) is 6.25. The van der Waals surface area contributed by atoms with Gasteiger partial charge in [-0.15, -0.1) is 11.3 Å². The van der Waals surface area contributed by atoms with Crippen molar-refractivity contribution in [1.29, 1.82) is 0 Å². The Bertz CT molecular complexity index is 831. The maximum atomic E-state index is 5.84. The first-order valence-corrected chi connectivity index (χ1v) is 7.13. The number of rotatable bonds is 2. The van der Waals surface area contributed by atoms with Crippen LogP contribution in [0, 0.1) is 0 Å². The Hall–Kier alpha value is -2.46. The first kappa shape index (κ1) is 11.4. The van der Waals surface area contributed by atoms with Crippen molar-refractivity contribution < 1.29 is 4.42 Å². The predicted octanol–water partition coefficient (Wildman–Crippen LogP) is 4.62. The van der Waals surface area contributed by atoms with E-state index in [4.69, 9.17) is 4.42 Å². The van der Waals surface area contributed by atoms with E-state index in [1.807, 2.05) is 47.8 Å². The normalized spacial score (nSPS) is 11.0. The molecule has 0 aliphatic heterocycles. The lowest BCUT2D eigenvalue weighted by Gasteiger charge is -1.93. The molecule has 0 saturated heterocycles. The van der Waals surface area contributed by atoms with Gasteiger partial charge in [0, 0.05) is 28.7 Å². The highest BCUT2D eigenvalue weighted by Gasteiger charge is 2.10. The molecule has 3 nitrogen and oxygen atoms in total. The van der Waals surface area contributed by atoms with Crippen molar-refractivity contribution in [2.45, 2.75) is 0 Å². The summed E-state index contributed by atoms with van der Waals surface area (Å²) >= 11 is 1.61. The Morgan fingerprint density at radius 2 is 1.85 bits per heavy atom. The van der Waals surface area contributed by atoms with Crippen molar-refractivity contribution in [2.24, 2.45) is 0 Å². The number of para-hydroxylation sites is 1. The molecule has 4 aromatic rings. The first-order chi connectivity index (χ1) is 9.90. The SMILES string of the molecule is c1ccc2oc(-c3csc(-c4ccncc4)n3)cc2c1. The smallest absolute Gasteiger partial charge is 0.154 e. The molecule has 0 atom stereocenters. The van der Waals surface area contributed by atoms with E-state index in [2.05, 4.69) is 9.97 Å². The van der Waals surface area contributed by atoms with Crippen LogP contribution < -0.4 is 0 Å². The van der Waals surface area contributed by atoms with E-state index in [-0.39, 0.29) is 0 Å². The molecule has 20 heavy (non-hydrogen) atoms. The zero-order valence-corrected chi connectivity index (χ0v) is 11.3. The molecule has 0 fully saturated rings. The summed E-state index contributed by atoms with van der Waals surface area (Å²) in [5, 5.41) is 4.09. The van der Waals surface area contributed by atoms with Crippen LogP contribution >= 0.6 is 11.3 Å². The fraction of sp³-hybridized carbons (Fsp3) is 0. The molecule has 0 saturated carbocycles. The van der Waals surface area contributed by atoms with Gasteiger partial charge in [0.15, 0.2) is 5.76 Å². The minimum atomic E-state index is 0.808. The second kappa shape index (κ2) is 4.58. The number of thiazole rings is 1. The molecule has 3 heterocycles. The van der Waals surface area contributed by atoms with E-state index in [9.17, 15) is 0 Å². The molecule has 96 valence electrons. The molecule has 3 aromatic heterocycles. The Labute approximate surface area is 119 Å². The van der Waals surface area contributed by atoms with Crippen molar-refractivity contribution in [3.63, 3.8) is 0 Å². The Morgan fingerprint density at radius 1 is 1.00 bits per heavy atom. The standard InChI is InChI=1S/C16H10N2OS/c1-2-4-14-12(3-1)9-15(19-14)13-10-20-16(18-13)11-5-7-17-8-6-11/h1-10H. The highest BCUT2D eigenvalue weighted by atomic mass is 32.1. The number of benzene rings is 1. The number of fused-ring (bicyclic) bond motifs is 1.